The van der Waals surface area contributed by atoms with Crippen LogP contribution in [0.25, 0.3) is 0 Å². The molecule has 1 N–H and O–H groups in total. The summed E-state index contributed by atoms with van der Waals surface area (Å²) in [6.45, 7) is 3.56. The molecule has 1 rings (SSSR count). The lowest BCUT2D eigenvalue weighted by atomic mass is 10.1. The van der Waals surface area contributed by atoms with Crippen molar-refractivity contribution in [2.45, 2.75) is 6.42 Å². The maximum Gasteiger partial charge on any atom is 0.306 e. The van der Waals surface area contributed by atoms with E-state index in [0.717, 1.165) is 11.8 Å². The molecule has 82 valence electrons. The lowest BCUT2D eigenvalue weighted by molar-refractivity contribution is 0.430. The zero-order chi connectivity index (χ0) is 11.5. The third-order valence-electron chi connectivity index (χ3n) is 1.64. The Hall–Kier alpha value is -1.49. The largest absolute Gasteiger partial charge is 0.504 e. The predicted molar refractivity (Wildman–Crippen MR) is 57.5 cm³/mol. The fourth-order valence-electron chi connectivity index (χ4n) is 1.09. The lowest BCUT2D eigenvalue weighted by Gasteiger charge is -2.06. The summed E-state index contributed by atoms with van der Waals surface area (Å²) < 4.78 is 26.2. The van der Waals surface area contributed by atoms with Crippen molar-refractivity contribution >= 4 is 10.1 Å². The second kappa shape index (κ2) is 4.35. The summed E-state index contributed by atoms with van der Waals surface area (Å²) in [6.07, 6.45) is 3.21. The molecular weight excluding hydrogens is 216 g/mol. The van der Waals surface area contributed by atoms with E-state index in [1.54, 1.807) is 12.1 Å². The molecule has 0 aliphatic carbocycles. The number of rotatable bonds is 4. The molecular formula is C10H12O4S. The van der Waals surface area contributed by atoms with E-state index in [1.165, 1.54) is 12.1 Å². The van der Waals surface area contributed by atoms with Gasteiger partial charge >= 0.3 is 10.1 Å². The molecule has 1 aromatic rings. The van der Waals surface area contributed by atoms with Crippen molar-refractivity contribution in [3.8, 4) is 11.5 Å². The van der Waals surface area contributed by atoms with Crippen LogP contribution in [0.2, 0.25) is 0 Å². The smallest absolute Gasteiger partial charge is 0.306 e. The van der Waals surface area contributed by atoms with Gasteiger partial charge in [-0.15, -0.1) is 6.58 Å². The highest BCUT2D eigenvalue weighted by Crippen LogP contribution is 2.27. The van der Waals surface area contributed by atoms with Crippen molar-refractivity contribution in [2.24, 2.45) is 0 Å². The molecule has 4 nitrogen and oxygen atoms in total. The summed E-state index contributed by atoms with van der Waals surface area (Å²) in [5.74, 6) is -0.259. The van der Waals surface area contributed by atoms with Gasteiger partial charge < -0.3 is 9.29 Å². The normalized spacial score (nSPS) is 11.0. The molecule has 1 aromatic carbocycles. The summed E-state index contributed by atoms with van der Waals surface area (Å²) in [5.41, 5.74) is 0.836. The van der Waals surface area contributed by atoms with Gasteiger partial charge in [0, 0.05) is 0 Å². The first-order valence-electron chi connectivity index (χ1n) is 4.24. The summed E-state index contributed by atoms with van der Waals surface area (Å²) in [7, 11) is -3.60. The Morgan fingerprint density at radius 3 is 2.67 bits per heavy atom. The predicted octanol–water partition coefficient (Wildman–Crippen LogP) is 1.46. The summed E-state index contributed by atoms with van der Waals surface area (Å²) in [5, 5.41) is 9.46. The van der Waals surface area contributed by atoms with Crippen LogP contribution in [0.15, 0.2) is 30.9 Å². The number of allylic oxidation sites excluding steroid dienone is 1. The standard InChI is InChI=1S/C10H12O4S/c1-3-4-8-5-6-10(9(11)7-8)14-15(2,12)13/h3,5-7,11H,1,4H2,2H3. The van der Waals surface area contributed by atoms with E-state index in [9.17, 15) is 13.5 Å². The zero-order valence-corrected chi connectivity index (χ0v) is 9.12. The number of hydrogen-bond acceptors (Lipinski definition) is 4. The minimum atomic E-state index is -3.60. The molecule has 0 aliphatic heterocycles. The topological polar surface area (TPSA) is 63.6 Å². The van der Waals surface area contributed by atoms with Crippen LogP contribution in [0.4, 0.5) is 0 Å². The first-order chi connectivity index (χ1) is 6.92. The third-order valence-corrected chi connectivity index (χ3v) is 2.13. The van der Waals surface area contributed by atoms with Gasteiger partial charge in [-0.05, 0) is 24.1 Å². The summed E-state index contributed by atoms with van der Waals surface area (Å²) in [6, 6.07) is 4.53. The molecule has 0 saturated carbocycles. The third kappa shape index (κ3) is 3.63. The number of benzene rings is 1. The molecule has 0 aliphatic rings. The Balaban J connectivity index is 2.98. The molecule has 0 aromatic heterocycles. The van der Waals surface area contributed by atoms with E-state index in [-0.39, 0.29) is 11.5 Å². The molecule has 0 heterocycles. The average Bonchev–Trinajstić information content (AvgIpc) is 2.08. The highest BCUT2D eigenvalue weighted by molar-refractivity contribution is 7.86. The van der Waals surface area contributed by atoms with Crippen LogP contribution in [-0.2, 0) is 16.5 Å². The highest BCUT2D eigenvalue weighted by atomic mass is 32.2. The molecule has 0 radical (unpaired) electrons. The second-order valence-electron chi connectivity index (χ2n) is 3.08. The van der Waals surface area contributed by atoms with Crippen molar-refractivity contribution in [1.82, 2.24) is 0 Å². The molecule has 0 fully saturated rings. The van der Waals surface area contributed by atoms with E-state index in [1.807, 2.05) is 0 Å². The van der Waals surface area contributed by atoms with Gasteiger partial charge in [0.15, 0.2) is 11.5 Å². The van der Waals surface area contributed by atoms with Crippen molar-refractivity contribution in [2.75, 3.05) is 6.26 Å². The monoisotopic (exact) mass is 228 g/mol. The maximum atomic E-state index is 10.8. The Morgan fingerprint density at radius 1 is 1.53 bits per heavy atom. The van der Waals surface area contributed by atoms with Gasteiger partial charge in [0.05, 0.1) is 6.26 Å². The van der Waals surface area contributed by atoms with E-state index in [4.69, 9.17) is 0 Å². The van der Waals surface area contributed by atoms with Gasteiger partial charge in [0.2, 0.25) is 0 Å². The van der Waals surface area contributed by atoms with Gasteiger partial charge in [-0.2, -0.15) is 8.42 Å². The quantitative estimate of drug-likeness (QED) is 0.626. The van der Waals surface area contributed by atoms with Crippen molar-refractivity contribution in [3.05, 3.63) is 36.4 Å². The molecule has 0 saturated heterocycles. The Kier molecular flexibility index (Phi) is 3.36. The lowest BCUT2D eigenvalue weighted by Crippen LogP contribution is -2.05. The fourth-order valence-corrected chi connectivity index (χ4v) is 1.56. The van der Waals surface area contributed by atoms with Crippen LogP contribution in [0, 0.1) is 0 Å². The maximum absolute atomic E-state index is 10.8. The van der Waals surface area contributed by atoms with Crippen LogP contribution in [0.3, 0.4) is 0 Å². The number of phenolic OH excluding ortho intramolecular Hbond substituents is 1. The number of phenols is 1. The minimum Gasteiger partial charge on any atom is -0.504 e. The molecule has 0 atom stereocenters. The molecule has 0 amide bonds. The molecule has 5 heteroatoms. The first kappa shape index (κ1) is 11.6. The summed E-state index contributed by atoms with van der Waals surface area (Å²) in [4.78, 5) is 0. The Morgan fingerprint density at radius 2 is 2.20 bits per heavy atom. The molecule has 0 unspecified atom stereocenters. The summed E-state index contributed by atoms with van der Waals surface area (Å²) >= 11 is 0. The van der Waals surface area contributed by atoms with Crippen LogP contribution in [0.5, 0.6) is 11.5 Å². The Labute approximate surface area is 88.9 Å². The van der Waals surface area contributed by atoms with Gasteiger partial charge in [-0.25, -0.2) is 0 Å². The Bertz CT molecular complexity index is 462. The minimum absolute atomic E-state index is 0.0645. The number of hydrogen-bond donors (Lipinski definition) is 1. The fraction of sp³-hybridized carbons (Fsp3) is 0.200. The zero-order valence-electron chi connectivity index (χ0n) is 8.30. The molecule has 15 heavy (non-hydrogen) atoms. The molecule has 0 bridgehead atoms. The van der Waals surface area contributed by atoms with Gasteiger partial charge in [0.1, 0.15) is 0 Å². The van der Waals surface area contributed by atoms with E-state index >= 15 is 0 Å². The van der Waals surface area contributed by atoms with E-state index in [0.29, 0.717) is 6.42 Å². The van der Waals surface area contributed by atoms with E-state index < -0.39 is 10.1 Å². The van der Waals surface area contributed by atoms with Crippen LogP contribution < -0.4 is 4.18 Å². The van der Waals surface area contributed by atoms with Gasteiger partial charge in [0.25, 0.3) is 0 Å². The van der Waals surface area contributed by atoms with Crippen LogP contribution in [-0.4, -0.2) is 19.8 Å². The van der Waals surface area contributed by atoms with Crippen LogP contribution in [0.1, 0.15) is 5.56 Å². The van der Waals surface area contributed by atoms with Crippen molar-refractivity contribution in [3.63, 3.8) is 0 Å². The van der Waals surface area contributed by atoms with Gasteiger partial charge in [-0.1, -0.05) is 12.1 Å². The highest BCUT2D eigenvalue weighted by Gasteiger charge is 2.09. The average molecular weight is 228 g/mol. The van der Waals surface area contributed by atoms with Crippen LogP contribution >= 0.6 is 0 Å². The molecule has 0 spiro atoms. The van der Waals surface area contributed by atoms with Crippen molar-refractivity contribution in [1.29, 1.82) is 0 Å². The van der Waals surface area contributed by atoms with E-state index in [2.05, 4.69) is 10.8 Å². The SMILES string of the molecule is C=CCc1ccc(OS(C)(=O)=O)c(O)c1. The number of aromatic hydroxyl groups is 1. The van der Waals surface area contributed by atoms with Gasteiger partial charge in [-0.3, -0.25) is 0 Å². The van der Waals surface area contributed by atoms with Crippen molar-refractivity contribution < 1.29 is 17.7 Å². The first-order valence-corrected chi connectivity index (χ1v) is 6.06. The second-order valence-corrected chi connectivity index (χ2v) is 4.66.